The first-order valence-electron chi connectivity index (χ1n) is 5.72. The van der Waals surface area contributed by atoms with Gasteiger partial charge in [-0.1, -0.05) is 17.8 Å². The van der Waals surface area contributed by atoms with Crippen LogP contribution in [-0.2, 0) is 4.79 Å². The molecular formula is C12H13NO3S2. The summed E-state index contributed by atoms with van der Waals surface area (Å²) in [6, 6.07) is 3.63. The molecule has 0 atom stereocenters. The van der Waals surface area contributed by atoms with E-state index in [9.17, 15) is 14.4 Å². The van der Waals surface area contributed by atoms with Crippen molar-refractivity contribution in [1.82, 2.24) is 4.90 Å². The standard InChI is InChI=1S/C12H13NO3S2/c14-9(10-4-2-7-17-10)3-1-6-13-11(15)5-8-18-12(13)16/h2,4,7H,1,3,5-6,8H2. The van der Waals surface area contributed by atoms with E-state index < -0.39 is 0 Å². The first-order chi connectivity index (χ1) is 8.68. The van der Waals surface area contributed by atoms with Crippen molar-refractivity contribution in [2.24, 2.45) is 0 Å². The van der Waals surface area contributed by atoms with Crippen LogP contribution in [0.1, 0.15) is 28.9 Å². The van der Waals surface area contributed by atoms with Gasteiger partial charge in [-0.2, -0.15) is 0 Å². The van der Waals surface area contributed by atoms with Gasteiger partial charge in [0, 0.05) is 25.1 Å². The average Bonchev–Trinajstić information content (AvgIpc) is 2.86. The minimum atomic E-state index is -0.185. The molecule has 18 heavy (non-hydrogen) atoms. The minimum Gasteiger partial charge on any atom is -0.293 e. The number of rotatable bonds is 5. The van der Waals surface area contributed by atoms with Gasteiger partial charge in [-0.15, -0.1) is 11.3 Å². The van der Waals surface area contributed by atoms with Gasteiger partial charge >= 0.3 is 0 Å². The zero-order chi connectivity index (χ0) is 13.0. The van der Waals surface area contributed by atoms with Crippen molar-refractivity contribution in [3.8, 4) is 0 Å². The molecule has 2 heterocycles. The number of Topliss-reactive ketones (excluding diaryl/α,β-unsaturated/α-hetero) is 1. The molecule has 6 heteroatoms. The van der Waals surface area contributed by atoms with Crippen LogP contribution in [-0.4, -0.2) is 34.1 Å². The smallest absolute Gasteiger partial charge is 0.288 e. The number of thioether (sulfide) groups is 1. The summed E-state index contributed by atoms with van der Waals surface area (Å²) in [6.07, 6.45) is 1.33. The number of amides is 2. The van der Waals surface area contributed by atoms with Gasteiger partial charge in [-0.05, 0) is 17.9 Å². The lowest BCUT2D eigenvalue weighted by Gasteiger charge is -2.23. The third-order valence-corrected chi connectivity index (χ3v) is 4.43. The molecule has 0 aliphatic carbocycles. The highest BCUT2D eigenvalue weighted by Gasteiger charge is 2.26. The van der Waals surface area contributed by atoms with Crippen LogP contribution in [0, 0.1) is 0 Å². The fourth-order valence-corrected chi connectivity index (χ4v) is 3.21. The van der Waals surface area contributed by atoms with E-state index >= 15 is 0 Å². The highest BCUT2D eigenvalue weighted by Crippen LogP contribution is 2.19. The average molecular weight is 283 g/mol. The Morgan fingerprint density at radius 2 is 2.22 bits per heavy atom. The molecule has 0 N–H and O–H groups in total. The number of hydrogen-bond donors (Lipinski definition) is 0. The van der Waals surface area contributed by atoms with E-state index in [2.05, 4.69) is 0 Å². The summed E-state index contributed by atoms with van der Waals surface area (Å²) in [5, 5.41) is 1.68. The predicted octanol–water partition coefficient (Wildman–Crippen LogP) is 2.80. The fraction of sp³-hybridized carbons (Fsp3) is 0.417. The molecule has 1 fully saturated rings. The van der Waals surface area contributed by atoms with Crippen LogP contribution in [0.5, 0.6) is 0 Å². The van der Waals surface area contributed by atoms with Crippen LogP contribution < -0.4 is 0 Å². The largest absolute Gasteiger partial charge is 0.293 e. The lowest BCUT2D eigenvalue weighted by atomic mass is 10.2. The molecule has 1 saturated heterocycles. The molecule has 1 aromatic rings. The van der Waals surface area contributed by atoms with Gasteiger partial charge in [0.1, 0.15) is 0 Å². The first-order valence-corrected chi connectivity index (χ1v) is 7.59. The van der Waals surface area contributed by atoms with E-state index in [0.717, 1.165) is 4.88 Å². The molecule has 1 aromatic heterocycles. The Morgan fingerprint density at radius 3 is 2.89 bits per heavy atom. The normalized spacial score (nSPS) is 16.1. The predicted molar refractivity (Wildman–Crippen MR) is 72.1 cm³/mol. The molecule has 1 aliphatic heterocycles. The number of ketones is 1. The number of thiophene rings is 1. The summed E-state index contributed by atoms with van der Waals surface area (Å²) >= 11 is 2.59. The molecule has 1 aliphatic rings. The van der Waals surface area contributed by atoms with E-state index in [1.54, 1.807) is 6.07 Å². The summed E-state index contributed by atoms with van der Waals surface area (Å²) in [5.41, 5.74) is 0. The van der Waals surface area contributed by atoms with Crippen LogP contribution >= 0.6 is 23.1 Å². The van der Waals surface area contributed by atoms with Gasteiger partial charge in [0.25, 0.3) is 5.24 Å². The molecule has 0 unspecified atom stereocenters. The van der Waals surface area contributed by atoms with Gasteiger partial charge in [-0.25, -0.2) is 0 Å². The van der Waals surface area contributed by atoms with E-state index in [1.807, 2.05) is 11.4 Å². The lowest BCUT2D eigenvalue weighted by Crippen LogP contribution is -2.38. The van der Waals surface area contributed by atoms with Crippen LogP contribution in [0.25, 0.3) is 0 Å². The van der Waals surface area contributed by atoms with Gasteiger partial charge in [0.15, 0.2) is 5.78 Å². The molecule has 2 amide bonds. The number of hydrogen-bond acceptors (Lipinski definition) is 5. The second-order valence-corrected chi connectivity index (χ2v) is 5.91. The number of carbonyl (C=O) groups is 3. The summed E-state index contributed by atoms with van der Waals surface area (Å²) in [7, 11) is 0. The van der Waals surface area contributed by atoms with Crippen molar-refractivity contribution in [1.29, 1.82) is 0 Å². The van der Waals surface area contributed by atoms with Gasteiger partial charge in [0.05, 0.1) is 4.88 Å². The molecule has 0 spiro atoms. The second kappa shape index (κ2) is 6.15. The summed E-state index contributed by atoms with van der Waals surface area (Å²) in [5.74, 6) is 0.527. The summed E-state index contributed by atoms with van der Waals surface area (Å²) < 4.78 is 0. The molecule has 0 radical (unpaired) electrons. The maximum Gasteiger partial charge on any atom is 0.288 e. The molecule has 2 rings (SSSR count). The third-order valence-electron chi connectivity index (χ3n) is 2.64. The van der Waals surface area contributed by atoms with Gasteiger partial charge < -0.3 is 0 Å². The highest BCUT2D eigenvalue weighted by molar-refractivity contribution is 8.13. The molecule has 0 aromatic carbocycles. The van der Waals surface area contributed by atoms with Crippen molar-refractivity contribution in [2.75, 3.05) is 12.3 Å². The Morgan fingerprint density at radius 1 is 1.39 bits per heavy atom. The maximum atomic E-state index is 11.7. The maximum absolute atomic E-state index is 11.7. The third kappa shape index (κ3) is 3.20. The Balaban J connectivity index is 1.79. The SMILES string of the molecule is O=C(CCCN1C(=O)CCSC1=O)c1cccs1. The van der Waals surface area contributed by atoms with E-state index in [-0.39, 0.29) is 16.9 Å². The van der Waals surface area contributed by atoms with Gasteiger partial charge in [0.2, 0.25) is 5.91 Å². The Bertz CT molecular complexity index is 440. The monoisotopic (exact) mass is 283 g/mol. The molecule has 0 saturated carbocycles. The molecule has 4 nitrogen and oxygen atoms in total. The van der Waals surface area contributed by atoms with Crippen LogP contribution in [0.15, 0.2) is 17.5 Å². The van der Waals surface area contributed by atoms with E-state index in [4.69, 9.17) is 0 Å². The Kier molecular flexibility index (Phi) is 4.54. The van der Waals surface area contributed by atoms with Crippen molar-refractivity contribution < 1.29 is 14.4 Å². The fourth-order valence-electron chi connectivity index (χ4n) is 1.71. The minimum absolute atomic E-state index is 0.0783. The molecular weight excluding hydrogens is 270 g/mol. The molecule has 96 valence electrons. The number of nitrogens with zero attached hydrogens (tertiary/aromatic N) is 1. The van der Waals surface area contributed by atoms with Crippen molar-refractivity contribution in [3.05, 3.63) is 22.4 Å². The zero-order valence-corrected chi connectivity index (χ0v) is 11.4. The second-order valence-electron chi connectivity index (χ2n) is 3.91. The highest BCUT2D eigenvalue weighted by atomic mass is 32.2. The van der Waals surface area contributed by atoms with Crippen molar-refractivity contribution in [3.63, 3.8) is 0 Å². The first kappa shape index (κ1) is 13.3. The summed E-state index contributed by atoms with van der Waals surface area (Å²) in [6.45, 7) is 0.349. The van der Waals surface area contributed by atoms with E-state index in [1.165, 1.54) is 28.0 Å². The zero-order valence-electron chi connectivity index (χ0n) is 9.76. The molecule has 0 bridgehead atoms. The van der Waals surface area contributed by atoms with Crippen LogP contribution in [0.4, 0.5) is 4.79 Å². The number of imide groups is 1. The summed E-state index contributed by atoms with van der Waals surface area (Å²) in [4.78, 5) is 36.7. The quantitative estimate of drug-likeness (QED) is 0.780. The topological polar surface area (TPSA) is 54.5 Å². The lowest BCUT2D eigenvalue weighted by molar-refractivity contribution is -0.127. The van der Waals surface area contributed by atoms with Crippen LogP contribution in [0.2, 0.25) is 0 Å². The number of carbonyl (C=O) groups excluding carboxylic acids is 3. The Labute approximate surface area is 113 Å². The van der Waals surface area contributed by atoms with Crippen molar-refractivity contribution in [2.45, 2.75) is 19.3 Å². The van der Waals surface area contributed by atoms with Gasteiger partial charge in [-0.3, -0.25) is 19.3 Å². The van der Waals surface area contributed by atoms with Crippen molar-refractivity contribution >= 4 is 40.0 Å². The Hall–Kier alpha value is -1.14. The van der Waals surface area contributed by atoms with E-state index in [0.29, 0.717) is 31.6 Å². The van der Waals surface area contributed by atoms with Crippen LogP contribution in [0.3, 0.4) is 0 Å².